The zero-order valence-electron chi connectivity index (χ0n) is 18.1. The maximum absolute atomic E-state index is 11.0. The average molecular weight is 377 g/mol. The van der Waals surface area contributed by atoms with Crippen molar-refractivity contribution in [3.05, 3.63) is 0 Å². The Morgan fingerprint density at radius 2 is 1.74 bits per heavy atom. The van der Waals surface area contributed by atoms with E-state index in [1.165, 1.54) is 51.4 Å². The Balaban J connectivity index is 1.51. The molecule has 0 spiro atoms. The molecule has 9 atom stereocenters. The fourth-order valence-corrected chi connectivity index (χ4v) is 8.96. The minimum atomic E-state index is -0.349. The minimum Gasteiger partial charge on any atom is -0.396 e. The van der Waals surface area contributed by atoms with Crippen LogP contribution in [0.25, 0.3) is 0 Å². The summed E-state index contributed by atoms with van der Waals surface area (Å²) in [7, 11) is 0. The first kappa shape index (κ1) is 20.2. The second-order valence-electron chi connectivity index (χ2n) is 11.4. The third-order valence-electron chi connectivity index (χ3n) is 10.1. The molecular weight excluding hydrogens is 332 g/mol. The van der Waals surface area contributed by atoms with Gasteiger partial charge in [-0.3, -0.25) is 0 Å². The number of fused-ring (bicyclic) bond motifs is 5. The van der Waals surface area contributed by atoms with Crippen molar-refractivity contribution in [3.8, 4) is 0 Å². The SMILES string of the molecule is CCC[C@@]1(O)CC[C@H]2[C@@H](CC[C@@H]3[C@@H]2CC[C@]2(C)[C@@H]([C@H](C)CO)CCC[C@@H]32)C1. The summed E-state index contributed by atoms with van der Waals surface area (Å²) in [6.07, 6.45) is 15.3. The normalized spacial score (nSPS) is 51.0. The van der Waals surface area contributed by atoms with E-state index in [1.54, 1.807) is 0 Å². The Hall–Kier alpha value is -0.0800. The van der Waals surface area contributed by atoms with Crippen molar-refractivity contribution >= 4 is 0 Å². The van der Waals surface area contributed by atoms with E-state index in [1.807, 2.05) is 0 Å². The van der Waals surface area contributed by atoms with Gasteiger partial charge in [0.15, 0.2) is 0 Å². The Kier molecular flexibility index (Phi) is 5.71. The van der Waals surface area contributed by atoms with Crippen LogP contribution < -0.4 is 0 Å². The maximum Gasteiger partial charge on any atom is 0.0650 e. The van der Waals surface area contributed by atoms with Crippen molar-refractivity contribution in [3.63, 3.8) is 0 Å². The molecule has 4 fully saturated rings. The molecule has 0 aromatic carbocycles. The van der Waals surface area contributed by atoms with E-state index in [2.05, 4.69) is 20.8 Å². The van der Waals surface area contributed by atoms with Crippen molar-refractivity contribution in [2.75, 3.05) is 6.61 Å². The highest BCUT2D eigenvalue weighted by atomic mass is 16.3. The first-order valence-electron chi connectivity index (χ1n) is 12.2. The first-order valence-corrected chi connectivity index (χ1v) is 12.2. The number of aliphatic hydroxyl groups excluding tert-OH is 1. The molecule has 4 aliphatic carbocycles. The highest BCUT2D eigenvalue weighted by molar-refractivity contribution is 5.06. The van der Waals surface area contributed by atoms with Crippen LogP contribution in [0.5, 0.6) is 0 Å². The van der Waals surface area contributed by atoms with Crippen molar-refractivity contribution in [2.24, 2.45) is 46.8 Å². The monoisotopic (exact) mass is 376 g/mol. The lowest BCUT2D eigenvalue weighted by atomic mass is 9.44. The van der Waals surface area contributed by atoms with Crippen LogP contribution >= 0.6 is 0 Å². The smallest absolute Gasteiger partial charge is 0.0650 e. The fourth-order valence-electron chi connectivity index (χ4n) is 8.96. The predicted octanol–water partition coefficient (Wildman–Crippen LogP) is 5.80. The molecule has 0 saturated heterocycles. The molecule has 2 heteroatoms. The summed E-state index contributed by atoms with van der Waals surface area (Å²) < 4.78 is 0. The average Bonchev–Trinajstić information content (AvgIpc) is 2.65. The van der Waals surface area contributed by atoms with Crippen molar-refractivity contribution in [1.82, 2.24) is 0 Å². The highest BCUT2D eigenvalue weighted by Gasteiger charge is 2.56. The van der Waals surface area contributed by atoms with Gasteiger partial charge in [0.1, 0.15) is 0 Å². The molecule has 0 heterocycles. The second kappa shape index (κ2) is 7.63. The quantitative estimate of drug-likeness (QED) is 0.650. The second-order valence-corrected chi connectivity index (χ2v) is 11.4. The molecule has 4 aliphatic rings. The molecule has 156 valence electrons. The van der Waals surface area contributed by atoms with Gasteiger partial charge in [0, 0.05) is 6.61 Å². The van der Waals surface area contributed by atoms with E-state index in [0.29, 0.717) is 17.9 Å². The molecule has 0 aliphatic heterocycles. The number of rotatable bonds is 4. The lowest BCUT2D eigenvalue weighted by Gasteiger charge is -2.62. The molecule has 0 aromatic heterocycles. The lowest BCUT2D eigenvalue weighted by molar-refractivity contribution is -0.139. The zero-order valence-corrected chi connectivity index (χ0v) is 18.1. The maximum atomic E-state index is 11.0. The van der Waals surface area contributed by atoms with Crippen molar-refractivity contribution in [2.45, 2.75) is 103 Å². The lowest BCUT2D eigenvalue weighted by Crippen LogP contribution is -2.55. The van der Waals surface area contributed by atoms with E-state index >= 15 is 0 Å². The predicted molar refractivity (Wildman–Crippen MR) is 111 cm³/mol. The third kappa shape index (κ3) is 3.41. The fraction of sp³-hybridized carbons (Fsp3) is 1.00. The van der Waals surface area contributed by atoms with Gasteiger partial charge in [-0.1, -0.05) is 33.6 Å². The molecule has 0 radical (unpaired) electrons. The van der Waals surface area contributed by atoms with Gasteiger partial charge in [0.25, 0.3) is 0 Å². The van der Waals surface area contributed by atoms with Gasteiger partial charge in [0.05, 0.1) is 5.60 Å². The number of hydrogen-bond acceptors (Lipinski definition) is 2. The largest absolute Gasteiger partial charge is 0.396 e. The Labute approximate surface area is 167 Å². The molecule has 0 unspecified atom stereocenters. The number of aliphatic hydroxyl groups is 2. The van der Waals surface area contributed by atoms with Crippen molar-refractivity contribution < 1.29 is 10.2 Å². The first-order chi connectivity index (χ1) is 12.9. The van der Waals surface area contributed by atoms with Gasteiger partial charge in [-0.2, -0.15) is 0 Å². The summed E-state index contributed by atoms with van der Waals surface area (Å²) >= 11 is 0. The van der Waals surface area contributed by atoms with Gasteiger partial charge < -0.3 is 10.2 Å². The minimum absolute atomic E-state index is 0.349. The van der Waals surface area contributed by atoms with Crippen LogP contribution in [0.3, 0.4) is 0 Å². The molecule has 27 heavy (non-hydrogen) atoms. The third-order valence-corrected chi connectivity index (χ3v) is 10.1. The van der Waals surface area contributed by atoms with E-state index in [0.717, 1.165) is 61.2 Å². The molecular formula is C25H44O2. The zero-order chi connectivity index (χ0) is 19.2. The van der Waals surface area contributed by atoms with Crippen LogP contribution in [0.2, 0.25) is 0 Å². The van der Waals surface area contributed by atoms with Gasteiger partial charge >= 0.3 is 0 Å². The Morgan fingerprint density at radius 3 is 2.48 bits per heavy atom. The van der Waals surface area contributed by atoms with Gasteiger partial charge in [-0.25, -0.2) is 0 Å². The van der Waals surface area contributed by atoms with Gasteiger partial charge in [0.2, 0.25) is 0 Å². The van der Waals surface area contributed by atoms with Crippen LogP contribution in [-0.2, 0) is 0 Å². The Bertz CT molecular complexity index is 518. The van der Waals surface area contributed by atoms with Gasteiger partial charge in [-0.05, 0) is 111 Å². The topological polar surface area (TPSA) is 40.5 Å². The molecule has 0 bridgehead atoms. The number of hydrogen-bond donors (Lipinski definition) is 2. The Morgan fingerprint density at radius 1 is 0.963 bits per heavy atom. The van der Waals surface area contributed by atoms with Crippen molar-refractivity contribution in [1.29, 1.82) is 0 Å². The van der Waals surface area contributed by atoms with Crippen LogP contribution in [0, 0.1) is 46.8 Å². The molecule has 0 amide bonds. The summed E-state index contributed by atoms with van der Waals surface area (Å²) in [5.74, 6) is 5.61. The summed E-state index contributed by atoms with van der Waals surface area (Å²) in [5.41, 5.74) is 0.116. The highest BCUT2D eigenvalue weighted by Crippen LogP contribution is 2.64. The van der Waals surface area contributed by atoms with Crippen LogP contribution in [0.15, 0.2) is 0 Å². The van der Waals surface area contributed by atoms with Crippen LogP contribution in [0.1, 0.15) is 97.8 Å². The molecule has 4 rings (SSSR count). The summed E-state index contributed by atoms with van der Waals surface area (Å²) in [5, 5.41) is 20.9. The van der Waals surface area contributed by atoms with Crippen LogP contribution in [-0.4, -0.2) is 22.4 Å². The van der Waals surface area contributed by atoms with E-state index < -0.39 is 0 Å². The summed E-state index contributed by atoms with van der Waals surface area (Å²) in [4.78, 5) is 0. The van der Waals surface area contributed by atoms with E-state index in [4.69, 9.17) is 0 Å². The molecule has 2 nitrogen and oxygen atoms in total. The molecule has 2 N–H and O–H groups in total. The standard InChI is InChI=1S/C25H44O2/c1-4-12-25(27)14-11-19-18(15-25)8-9-21-20(19)10-13-24(3)22(17(2)16-26)6-5-7-23(21)24/h17-23,26-27H,4-16H2,1-3H3/t17-,18+,19+,20-,21-,22-,23+,24-,25-/m1/s1. The van der Waals surface area contributed by atoms with E-state index in [-0.39, 0.29) is 5.60 Å². The molecule has 0 aromatic rings. The van der Waals surface area contributed by atoms with Crippen LogP contribution in [0.4, 0.5) is 0 Å². The summed E-state index contributed by atoms with van der Waals surface area (Å²) in [6, 6.07) is 0. The summed E-state index contributed by atoms with van der Waals surface area (Å²) in [6.45, 7) is 7.46. The van der Waals surface area contributed by atoms with E-state index in [9.17, 15) is 10.2 Å². The van der Waals surface area contributed by atoms with Gasteiger partial charge in [-0.15, -0.1) is 0 Å². The molecule has 4 saturated carbocycles.